The first kappa shape index (κ1) is 13.9. The normalized spacial score (nSPS) is 10.1. The number of para-hydroxylation sites is 1. The largest absolute Gasteiger partial charge is 0.493 e. The van der Waals surface area contributed by atoms with Crippen LogP contribution in [0.3, 0.4) is 0 Å². The van der Waals surface area contributed by atoms with Crippen molar-refractivity contribution in [2.24, 2.45) is 0 Å². The quantitative estimate of drug-likeness (QED) is 0.838. The summed E-state index contributed by atoms with van der Waals surface area (Å²) < 4.78 is 5.46. The van der Waals surface area contributed by atoms with Gasteiger partial charge in [-0.05, 0) is 43.7 Å². The van der Waals surface area contributed by atoms with Crippen LogP contribution in [0.2, 0.25) is 0 Å². The summed E-state index contributed by atoms with van der Waals surface area (Å²) in [5.41, 5.74) is 8.54. The number of anilines is 2. The molecule has 0 saturated carbocycles. The topological polar surface area (TPSA) is 64.3 Å². The van der Waals surface area contributed by atoms with E-state index in [1.165, 1.54) is 0 Å². The number of nitrogens with one attached hydrogen (secondary N) is 1. The van der Waals surface area contributed by atoms with Gasteiger partial charge in [-0.2, -0.15) is 0 Å². The van der Waals surface area contributed by atoms with Crippen molar-refractivity contribution in [1.29, 1.82) is 0 Å². The fourth-order valence-corrected chi connectivity index (χ4v) is 1.90. The van der Waals surface area contributed by atoms with Crippen LogP contribution >= 0.6 is 0 Å². The third kappa shape index (κ3) is 3.09. The molecule has 0 saturated heterocycles. The number of carbonyl (C=O) groups excluding carboxylic acids is 1. The fourth-order valence-electron chi connectivity index (χ4n) is 1.90. The van der Waals surface area contributed by atoms with Crippen LogP contribution < -0.4 is 15.8 Å². The molecule has 20 heavy (non-hydrogen) atoms. The average Bonchev–Trinajstić information content (AvgIpc) is 2.44. The molecule has 0 radical (unpaired) electrons. The van der Waals surface area contributed by atoms with E-state index in [1.54, 1.807) is 24.3 Å². The summed E-state index contributed by atoms with van der Waals surface area (Å²) in [6.45, 7) is 4.32. The lowest BCUT2D eigenvalue weighted by Gasteiger charge is -2.12. The van der Waals surface area contributed by atoms with Crippen LogP contribution in [0.25, 0.3) is 0 Å². The Kier molecular flexibility index (Phi) is 4.25. The first-order valence-electron chi connectivity index (χ1n) is 6.51. The van der Waals surface area contributed by atoms with Gasteiger partial charge in [0.05, 0.1) is 12.2 Å². The maximum absolute atomic E-state index is 12.3. The predicted octanol–water partition coefficient (Wildman–Crippen LogP) is 3.23. The number of amides is 1. The summed E-state index contributed by atoms with van der Waals surface area (Å²) in [5, 5.41) is 2.87. The third-order valence-corrected chi connectivity index (χ3v) is 2.94. The Balaban J connectivity index is 2.26. The molecule has 4 heteroatoms. The molecular formula is C16H18N2O2. The fraction of sp³-hybridized carbons (Fsp3) is 0.188. The number of hydrogen-bond donors (Lipinski definition) is 2. The second-order valence-electron chi connectivity index (χ2n) is 4.46. The summed E-state index contributed by atoms with van der Waals surface area (Å²) in [6, 6.07) is 12.6. The standard InChI is InChI=1S/C16H18N2O2/c1-3-20-15-7-5-4-6-13(15)16(19)18-14-10-12(17)9-8-11(14)2/h4-10H,3,17H2,1-2H3,(H,18,19). The Morgan fingerprint density at radius 1 is 1.25 bits per heavy atom. The number of rotatable bonds is 4. The molecule has 1 amide bonds. The molecule has 104 valence electrons. The molecule has 0 spiro atoms. The molecule has 0 aliphatic heterocycles. The molecule has 2 aromatic carbocycles. The van der Waals surface area contributed by atoms with E-state index in [1.807, 2.05) is 32.0 Å². The van der Waals surface area contributed by atoms with E-state index >= 15 is 0 Å². The minimum absolute atomic E-state index is 0.206. The van der Waals surface area contributed by atoms with Crippen molar-refractivity contribution in [2.45, 2.75) is 13.8 Å². The molecule has 0 unspecified atom stereocenters. The Hall–Kier alpha value is -2.49. The van der Waals surface area contributed by atoms with Gasteiger partial charge in [-0.1, -0.05) is 18.2 Å². The van der Waals surface area contributed by atoms with Crippen molar-refractivity contribution in [3.63, 3.8) is 0 Å². The molecule has 2 rings (SSSR count). The average molecular weight is 270 g/mol. The number of nitrogens with two attached hydrogens (primary N) is 1. The molecular weight excluding hydrogens is 252 g/mol. The van der Waals surface area contributed by atoms with Crippen molar-refractivity contribution in [1.82, 2.24) is 0 Å². The molecule has 0 atom stereocenters. The number of aryl methyl sites for hydroxylation is 1. The van der Waals surface area contributed by atoms with E-state index in [2.05, 4.69) is 5.32 Å². The van der Waals surface area contributed by atoms with E-state index in [0.717, 1.165) is 5.56 Å². The van der Waals surface area contributed by atoms with E-state index in [0.29, 0.717) is 29.3 Å². The molecule has 0 aromatic heterocycles. The second kappa shape index (κ2) is 6.10. The van der Waals surface area contributed by atoms with E-state index < -0.39 is 0 Å². The first-order chi connectivity index (χ1) is 9.61. The molecule has 0 aliphatic rings. The van der Waals surface area contributed by atoms with Crippen LogP contribution in [-0.2, 0) is 0 Å². The number of benzene rings is 2. The zero-order chi connectivity index (χ0) is 14.5. The van der Waals surface area contributed by atoms with Crippen LogP contribution in [0.4, 0.5) is 11.4 Å². The summed E-state index contributed by atoms with van der Waals surface area (Å²) in [6.07, 6.45) is 0. The number of hydrogen-bond acceptors (Lipinski definition) is 3. The second-order valence-corrected chi connectivity index (χ2v) is 4.46. The maximum atomic E-state index is 12.3. The summed E-state index contributed by atoms with van der Waals surface area (Å²) in [7, 11) is 0. The van der Waals surface area contributed by atoms with Crippen LogP contribution in [0.5, 0.6) is 5.75 Å². The molecule has 2 aromatic rings. The van der Waals surface area contributed by atoms with E-state index in [-0.39, 0.29) is 5.91 Å². The monoisotopic (exact) mass is 270 g/mol. The highest BCUT2D eigenvalue weighted by Crippen LogP contribution is 2.22. The van der Waals surface area contributed by atoms with Gasteiger partial charge in [0.15, 0.2) is 0 Å². The van der Waals surface area contributed by atoms with Crippen LogP contribution in [-0.4, -0.2) is 12.5 Å². The van der Waals surface area contributed by atoms with Crippen molar-refractivity contribution < 1.29 is 9.53 Å². The summed E-state index contributed by atoms with van der Waals surface area (Å²) >= 11 is 0. The van der Waals surface area contributed by atoms with Gasteiger partial charge in [0.25, 0.3) is 5.91 Å². The molecule has 0 fully saturated rings. The number of ether oxygens (including phenoxy) is 1. The van der Waals surface area contributed by atoms with Gasteiger partial charge in [0.1, 0.15) is 5.75 Å². The smallest absolute Gasteiger partial charge is 0.259 e. The maximum Gasteiger partial charge on any atom is 0.259 e. The van der Waals surface area contributed by atoms with E-state index in [9.17, 15) is 4.79 Å². The highest BCUT2D eigenvalue weighted by molar-refractivity contribution is 6.06. The van der Waals surface area contributed by atoms with Gasteiger partial charge in [-0.25, -0.2) is 0 Å². The van der Waals surface area contributed by atoms with Crippen LogP contribution in [0.15, 0.2) is 42.5 Å². The van der Waals surface area contributed by atoms with Crippen molar-refractivity contribution in [2.75, 3.05) is 17.7 Å². The lowest BCUT2D eigenvalue weighted by molar-refractivity contribution is 0.102. The number of carbonyl (C=O) groups is 1. The van der Waals surface area contributed by atoms with Crippen LogP contribution in [0, 0.1) is 6.92 Å². The Morgan fingerprint density at radius 2 is 2.00 bits per heavy atom. The zero-order valence-electron chi connectivity index (χ0n) is 11.6. The lowest BCUT2D eigenvalue weighted by atomic mass is 10.1. The predicted molar refractivity (Wildman–Crippen MR) is 81.2 cm³/mol. The van der Waals surface area contributed by atoms with Crippen LogP contribution in [0.1, 0.15) is 22.8 Å². The lowest BCUT2D eigenvalue weighted by Crippen LogP contribution is -2.14. The molecule has 4 nitrogen and oxygen atoms in total. The van der Waals surface area contributed by atoms with Crippen molar-refractivity contribution in [3.05, 3.63) is 53.6 Å². The van der Waals surface area contributed by atoms with Gasteiger partial charge < -0.3 is 15.8 Å². The Bertz CT molecular complexity index is 624. The number of nitrogen functional groups attached to an aromatic ring is 1. The first-order valence-corrected chi connectivity index (χ1v) is 6.51. The van der Waals surface area contributed by atoms with Crippen molar-refractivity contribution >= 4 is 17.3 Å². The highest BCUT2D eigenvalue weighted by atomic mass is 16.5. The van der Waals surface area contributed by atoms with Gasteiger partial charge in [0.2, 0.25) is 0 Å². The SMILES string of the molecule is CCOc1ccccc1C(=O)Nc1cc(N)ccc1C. The third-order valence-electron chi connectivity index (χ3n) is 2.94. The minimum Gasteiger partial charge on any atom is -0.493 e. The molecule has 0 bridgehead atoms. The van der Waals surface area contributed by atoms with Gasteiger partial charge in [0, 0.05) is 11.4 Å². The minimum atomic E-state index is -0.206. The van der Waals surface area contributed by atoms with Gasteiger partial charge in [-0.3, -0.25) is 4.79 Å². The zero-order valence-corrected chi connectivity index (χ0v) is 11.6. The summed E-state index contributed by atoms with van der Waals surface area (Å²) in [4.78, 5) is 12.3. The molecule has 3 N–H and O–H groups in total. The summed E-state index contributed by atoms with van der Waals surface area (Å²) in [5.74, 6) is 0.372. The highest BCUT2D eigenvalue weighted by Gasteiger charge is 2.13. The Morgan fingerprint density at radius 3 is 2.75 bits per heavy atom. The van der Waals surface area contributed by atoms with Gasteiger partial charge in [-0.15, -0.1) is 0 Å². The van der Waals surface area contributed by atoms with Crippen molar-refractivity contribution in [3.8, 4) is 5.75 Å². The Labute approximate surface area is 118 Å². The van der Waals surface area contributed by atoms with E-state index in [4.69, 9.17) is 10.5 Å². The molecule has 0 aliphatic carbocycles. The van der Waals surface area contributed by atoms with Gasteiger partial charge >= 0.3 is 0 Å². The molecule has 0 heterocycles.